The predicted molar refractivity (Wildman–Crippen MR) is 47.2 cm³/mol. The number of azide groups is 1. The largest absolute Gasteiger partial charge is 0.497 e. The summed E-state index contributed by atoms with van der Waals surface area (Å²) < 4.78 is 4.90. The summed E-state index contributed by atoms with van der Waals surface area (Å²) in [5.74, 6) is 0.555. The van der Waals surface area contributed by atoms with Crippen LogP contribution in [0.3, 0.4) is 0 Å². The fourth-order valence-corrected chi connectivity index (χ4v) is 0.893. The third kappa shape index (κ3) is 1.98. The normalized spacial score (nSPS) is 8.69. The lowest BCUT2D eigenvalue weighted by molar-refractivity contribution is 0.112. The molecule has 66 valence electrons. The lowest BCUT2D eigenvalue weighted by Gasteiger charge is -2.01. The lowest BCUT2D eigenvalue weighted by Crippen LogP contribution is -1.85. The Morgan fingerprint density at radius 3 is 2.92 bits per heavy atom. The number of carbonyl (C=O) groups excluding carboxylic acids is 1. The maximum Gasteiger partial charge on any atom is 0.150 e. The molecule has 0 aliphatic rings. The van der Waals surface area contributed by atoms with Gasteiger partial charge in [0.1, 0.15) is 5.75 Å². The quantitative estimate of drug-likeness (QED) is 0.307. The molecular formula is C8H7N3O2. The highest BCUT2D eigenvalue weighted by Crippen LogP contribution is 2.22. The molecule has 1 rings (SSSR count). The number of methoxy groups -OCH3 is 1. The highest BCUT2D eigenvalue weighted by molar-refractivity contribution is 5.83. The van der Waals surface area contributed by atoms with Gasteiger partial charge in [-0.25, -0.2) is 0 Å². The van der Waals surface area contributed by atoms with Crippen LogP contribution in [0.4, 0.5) is 5.69 Å². The molecule has 13 heavy (non-hydrogen) atoms. The zero-order valence-corrected chi connectivity index (χ0v) is 6.97. The van der Waals surface area contributed by atoms with Gasteiger partial charge in [-0.3, -0.25) is 4.79 Å². The number of aldehydes is 1. The maximum absolute atomic E-state index is 10.5. The summed E-state index contributed by atoms with van der Waals surface area (Å²) in [6, 6.07) is 4.66. The summed E-state index contributed by atoms with van der Waals surface area (Å²) in [6.45, 7) is 0. The number of hydrogen-bond donors (Lipinski definition) is 0. The van der Waals surface area contributed by atoms with Crippen LogP contribution in [0.2, 0.25) is 0 Å². The third-order valence-electron chi connectivity index (χ3n) is 1.51. The first-order valence-electron chi connectivity index (χ1n) is 3.50. The first-order valence-corrected chi connectivity index (χ1v) is 3.50. The molecule has 0 N–H and O–H groups in total. The smallest absolute Gasteiger partial charge is 0.150 e. The summed E-state index contributed by atoms with van der Waals surface area (Å²) in [4.78, 5) is 13.1. The highest BCUT2D eigenvalue weighted by atomic mass is 16.5. The van der Waals surface area contributed by atoms with E-state index in [0.717, 1.165) is 0 Å². The summed E-state index contributed by atoms with van der Waals surface area (Å²) in [6.07, 6.45) is 0.618. The summed E-state index contributed by atoms with van der Waals surface area (Å²) >= 11 is 0. The third-order valence-corrected chi connectivity index (χ3v) is 1.51. The number of ether oxygens (including phenoxy) is 1. The minimum Gasteiger partial charge on any atom is -0.497 e. The van der Waals surface area contributed by atoms with E-state index in [9.17, 15) is 4.79 Å². The SMILES string of the molecule is COc1ccc(N=[N+]=[N-])c(C=O)c1. The van der Waals surface area contributed by atoms with Crippen molar-refractivity contribution >= 4 is 12.0 Å². The van der Waals surface area contributed by atoms with E-state index in [0.29, 0.717) is 23.3 Å². The Morgan fingerprint density at radius 1 is 1.62 bits per heavy atom. The van der Waals surface area contributed by atoms with Gasteiger partial charge in [-0.15, -0.1) is 0 Å². The molecule has 0 bridgehead atoms. The van der Waals surface area contributed by atoms with Crippen LogP contribution in [0.25, 0.3) is 10.4 Å². The van der Waals surface area contributed by atoms with Crippen LogP contribution in [0.15, 0.2) is 23.3 Å². The molecule has 0 aromatic heterocycles. The zero-order valence-electron chi connectivity index (χ0n) is 6.97. The molecule has 0 aliphatic heterocycles. The van der Waals surface area contributed by atoms with E-state index in [1.165, 1.54) is 19.2 Å². The Morgan fingerprint density at radius 2 is 2.38 bits per heavy atom. The summed E-state index contributed by atoms with van der Waals surface area (Å²) in [5.41, 5.74) is 8.80. The van der Waals surface area contributed by atoms with E-state index >= 15 is 0 Å². The van der Waals surface area contributed by atoms with Gasteiger partial charge >= 0.3 is 0 Å². The molecule has 0 saturated heterocycles. The van der Waals surface area contributed by atoms with E-state index in [2.05, 4.69) is 10.0 Å². The molecule has 0 heterocycles. The average molecular weight is 177 g/mol. The first kappa shape index (κ1) is 9.09. The number of benzene rings is 1. The second-order valence-corrected chi connectivity index (χ2v) is 2.23. The average Bonchev–Trinajstić information content (AvgIpc) is 2.19. The van der Waals surface area contributed by atoms with Gasteiger partial charge < -0.3 is 4.74 Å². The van der Waals surface area contributed by atoms with Gasteiger partial charge in [-0.1, -0.05) is 5.11 Å². The van der Waals surface area contributed by atoms with Crippen LogP contribution in [-0.4, -0.2) is 13.4 Å². The van der Waals surface area contributed by atoms with Gasteiger partial charge in [-0.2, -0.15) is 0 Å². The maximum atomic E-state index is 10.5. The molecular weight excluding hydrogens is 170 g/mol. The fraction of sp³-hybridized carbons (Fsp3) is 0.125. The number of hydrogen-bond acceptors (Lipinski definition) is 3. The van der Waals surface area contributed by atoms with Gasteiger partial charge in [-0.05, 0) is 23.7 Å². The zero-order chi connectivity index (χ0) is 9.68. The van der Waals surface area contributed by atoms with E-state index in [-0.39, 0.29) is 0 Å². The van der Waals surface area contributed by atoms with Crippen LogP contribution in [0, 0.1) is 0 Å². The van der Waals surface area contributed by atoms with Crippen molar-refractivity contribution in [1.82, 2.24) is 0 Å². The van der Waals surface area contributed by atoms with Crippen molar-refractivity contribution in [2.45, 2.75) is 0 Å². The molecule has 0 atom stereocenters. The molecule has 0 radical (unpaired) electrons. The van der Waals surface area contributed by atoms with E-state index in [1.54, 1.807) is 6.07 Å². The Bertz CT molecular complexity index is 370. The van der Waals surface area contributed by atoms with Crippen molar-refractivity contribution in [3.8, 4) is 5.75 Å². The van der Waals surface area contributed by atoms with Crippen molar-refractivity contribution in [3.63, 3.8) is 0 Å². The van der Waals surface area contributed by atoms with E-state index < -0.39 is 0 Å². The number of carbonyl (C=O) groups is 1. The van der Waals surface area contributed by atoms with Crippen molar-refractivity contribution in [1.29, 1.82) is 0 Å². The van der Waals surface area contributed by atoms with Gasteiger partial charge in [0.05, 0.1) is 7.11 Å². The van der Waals surface area contributed by atoms with Gasteiger partial charge in [0.2, 0.25) is 0 Å². The molecule has 0 amide bonds. The Hall–Kier alpha value is -2.00. The Labute approximate surface area is 74.6 Å². The van der Waals surface area contributed by atoms with Crippen LogP contribution >= 0.6 is 0 Å². The highest BCUT2D eigenvalue weighted by Gasteiger charge is 2.00. The standard InChI is InChI=1S/C8H7N3O2/c1-13-7-2-3-8(10-11-9)6(4-7)5-12/h2-5H,1H3. The van der Waals surface area contributed by atoms with Crippen LogP contribution in [0.1, 0.15) is 10.4 Å². The first-order chi connectivity index (χ1) is 6.31. The summed E-state index contributed by atoms with van der Waals surface area (Å²) in [5, 5.41) is 3.35. The topological polar surface area (TPSA) is 75.1 Å². The summed E-state index contributed by atoms with van der Waals surface area (Å²) in [7, 11) is 1.50. The van der Waals surface area contributed by atoms with Gasteiger partial charge in [0, 0.05) is 16.2 Å². The minimum atomic E-state index is 0.304. The van der Waals surface area contributed by atoms with Crippen molar-refractivity contribution in [2.75, 3.05) is 7.11 Å². The molecule has 5 heteroatoms. The van der Waals surface area contributed by atoms with Crippen molar-refractivity contribution in [3.05, 3.63) is 34.2 Å². The molecule has 0 unspecified atom stereocenters. The molecule has 0 spiro atoms. The van der Waals surface area contributed by atoms with Crippen molar-refractivity contribution < 1.29 is 9.53 Å². The number of nitrogens with zero attached hydrogens (tertiary/aromatic N) is 3. The van der Waals surface area contributed by atoms with Crippen LogP contribution in [0.5, 0.6) is 5.75 Å². The second-order valence-electron chi connectivity index (χ2n) is 2.23. The van der Waals surface area contributed by atoms with Crippen molar-refractivity contribution in [2.24, 2.45) is 5.11 Å². The number of rotatable bonds is 3. The molecule has 5 nitrogen and oxygen atoms in total. The lowest BCUT2D eigenvalue weighted by atomic mass is 10.2. The Kier molecular flexibility index (Phi) is 2.89. The van der Waals surface area contributed by atoms with E-state index in [4.69, 9.17) is 10.3 Å². The molecule has 1 aromatic carbocycles. The fourth-order valence-electron chi connectivity index (χ4n) is 0.893. The molecule has 0 aliphatic carbocycles. The van der Waals surface area contributed by atoms with Crippen LogP contribution in [-0.2, 0) is 0 Å². The van der Waals surface area contributed by atoms with Crippen LogP contribution < -0.4 is 4.74 Å². The second kappa shape index (κ2) is 4.13. The monoisotopic (exact) mass is 177 g/mol. The molecule has 1 aromatic rings. The molecule has 0 saturated carbocycles. The Balaban J connectivity index is 3.22. The predicted octanol–water partition coefficient (Wildman–Crippen LogP) is 2.45. The molecule has 0 fully saturated rings. The minimum absolute atomic E-state index is 0.304. The van der Waals surface area contributed by atoms with Gasteiger partial charge in [0.25, 0.3) is 0 Å². The van der Waals surface area contributed by atoms with E-state index in [1.807, 2.05) is 0 Å². The van der Waals surface area contributed by atoms with Gasteiger partial charge in [0.15, 0.2) is 6.29 Å².